The van der Waals surface area contributed by atoms with Gasteiger partial charge in [0.2, 0.25) is 0 Å². The van der Waals surface area contributed by atoms with Crippen LogP contribution in [0.1, 0.15) is 37.7 Å². The molecule has 7 heteroatoms. The van der Waals surface area contributed by atoms with Crippen LogP contribution < -0.4 is 10.1 Å². The summed E-state index contributed by atoms with van der Waals surface area (Å²) in [6.07, 6.45) is 8.28. The predicted molar refractivity (Wildman–Crippen MR) is 146 cm³/mol. The van der Waals surface area contributed by atoms with Gasteiger partial charge in [0.15, 0.2) is 5.13 Å². The quantitative estimate of drug-likeness (QED) is 0.304. The number of pyridine rings is 1. The van der Waals surface area contributed by atoms with E-state index in [0.29, 0.717) is 6.04 Å². The Bertz CT molecular complexity index is 1310. The largest absolute Gasteiger partial charge is 0.457 e. The van der Waals surface area contributed by atoms with Gasteiger partial charge in [-0.1, -0.05) is 48.8 Å². The Morgan fingerprint density at radius 2 is 1.83 bits per heavy atom. The first-order valence-corrected chi connectivity index (χ1v) is 13.8. The Morgan fingerprint density at radius 1 is 0.972 bits per heavy atom. The van der Waals surface area contributed by atoms with E-state index in [4.69, 9.17) is 14.5 Å². The summed E-state index contributed by atoms with van der Waals surface area (Å²) in [5.74, 6) is 1.59. The van der Waals surface area contributed by atoms with Gasteiger partial charge in [0.25, 0.3) is 0 Å². The topological polar surface area (TPSA) is 59.5 Å². The second-order valence-corrected chi connectivity index (χ2v) is 10.7. The van der Waals surface area contributed by atoms with Crippen LogP contribution in [0.2, 0.25) is 0 Å². The number of anilines is 1. The summed E-state index contributed by atoms with van der Waals surface area (Å²) >= 11 is 1.71. The third-order valence-corrected chi connectivity index (χ3v) is 7.94. The number of hydrogen-bond donors (Lipinski definition) is 1. The van der Waals surface area contributed by atoms with Gasteiger partial charge >= 0.3 is 0 Å². The maximum absolute atomic E-state index is 6.26. The Balaban J connectivity index is 1.15. The molecule has 2 fully saturated rings. The summed E-state index contributed by atoms with van der Waals surface area (Å²) in [5, 5.41) is 4.66. The number of thiazole rings is 1. The molecule has 2 aliphatic rings. The zero-order valence-electron chi connectivity index (χ0n) is 20.5. The maximum atomic E-state index is 6.26. The summed E-state index contributed by atoms with van der Waals surface area (Å²) in [4.78, 5) is 11.8. The highest BCUT2D eigenvalue weighted by atomic mass is 32.1. The second-order valence-electron chi connectivity index (χ2n) is 9.70. The summed E-state index contributed by atoms with van der Waals surface area (Å²) < 4.78 is 12.9. The number of nitrogens with zero attached hydrogens (tertiary/aromatic N) is 3. The molecule has 0 atom stereocenters. The Kier molecular flexibility index (Phi) is 7.12. The third-order valence-electron chi connectivity index (χ3n) is 6.99. The summed E-state index contributed by atoms with van der Waals surface area (Å²) in [6.45, 7) is 4.51. The number of nitrogens with one attached hydrogen (secondary N) is 1. The van der Waals surface area contributed by atoms with E-state index in [1.54, 1.807) is 11.3 Å². The summed E-state index contributed by atoms with van der Waals surface area (Å²) in [6, 6.07) is 19.2. The molecule has 36 heavy (non-hydrogen) atoms. The van der Waals surface area contributed by atoms with Crippen LogP contribution in [-0.2, 0) is 11.3 Å². The van der Waals surface area contributed by atoms with Crippen LogP contribution in [0.5, 0.6) is 11.5 Å². The molecule has 0 radical (unpaired) electrons. The van der Waals surface area contributed by atoms with Gasteiger partial charge in [-0.3, -0.25) is 9.88 Å². The highest BCUT2D eigenvalue weighted by Gasteiger charge is 2.15. The zero-order valence-corrected chi connectivity index (χ0v) is 21.3. The van der Waals surface area contributed by atoms with Gasteiger partial charge < -0.3 is 14.8 Å². The van der Waals surface area contributed by atoms with Gasteiger partial charge in [-0.15, -0.1) is 0 Å². The predicted octanol–water partition coefficient (Wildman–Crippen LogP) is 6.73. The van der Waals surface area contributed by atoms with Crippen molar-refractivity contribution in [3.63, 3.8) is 0 Å². The van der Waals surface area contributed by atoms with Crippen LogP contribution in [0.15, 0.2) is 60.8 Å². The Labute approximate surface area is 216 Å². The number of fused-ring (bicyclic) bond motifs is 1. The molecule has 0 unspecified atom stereocenters. The molecule has 1 saturated heterocycles. The Hall–Kier alpha value is -3.00. The van der Waals surface area contributed by atoms with Crippen LogP contribution in [-0.4, -0.2) is 47.2 Å². The first-order valence-electron chi connectivity index (χ1n) is 13.0. The lowest BCUT2D eigenvalue weighted by Gasteiger charge is -2.26. The molecule has 1 aliphatic carbocycles. The lowest BCUT2D eigenvalue weighted by Crippen LogP contribution is -2.35. The average molecular weight is 501 g/mol. The molecule has 4 aromatic rings. The highest BCUT2D eigenvalue weighted by Crippen LogP contribution is 2.33. The van der Waals surface area contributed by atoms with Gasteiger partial charge in [-0.05, 0) is 42.7 Å². The first-order chi connectivity index (χ1) is 17.8. The van der Waals surface area contributed by atoms with Gasteiger partial charge in [0.1, 0.15) is 11.5 Å². The molecule has 186 valence electrons. The van der Waals surface area contributed by atoms with Gasteiger partial charge in [0, 0.05) is 49.6 Å². The number of benzene rings is 2. The van der Waals surface area contributed by atoms with E-state index >= 15 is 0 Å². The van der Waals surface area contributed by atoms with Gasteiger partial charge in [-0.2, -0.15) is 0 Å². The molecular formula is C29H32N4O2S. The van der Waals surface area contributed by atoms with E-state index in [2.05, 4.69) is 45.5 Å². The SMILES string of the molecule is c1cc(CN2CCOCC2)cc(-c2cc(Oc3ccc4nc(NC5CCCCC5)sc4c3)ccn2)c1. The molecule has 3 heterocycles. The Morgan fingerprint density at radius 3 is 2.72 bits per heavy atom. The molecule has 2 aromatic heterocycles. The molecule has 2 aromatic carbocycles. The summed E-state index contributed by atoms with van der Waals surface area (Å²) in [7, 11) is 0. The molecule has 0 spiro atoms. The minimum absolute atomic E-state index is 0.553. The van der Waals surface area contributed by atoms with Crippen molar-refractivity contribution in [1.29, 1.82) is 0 Å². The normalized spacial score (nSPS) is 17.3. The van der Waals surface area contributed by atoms with Gasteiger partial charge in [0.05, 0.1) is 29.1 Å². The molecule has 0 bridgehead atoms. The number of morpholine rings is 1. The fraction of sp³-hybridized carbons (Fsp3) is 0.379. The number of aromatic nitrogens is 2. The monoisotopic (exact) mass is 500 g/mol. The standard InChI is InChI=1S/C29H32N4O2S/c1-2-7-23(8-3-1)31-29-32-26-10-9-24(19-28(26)36-29)35-25-11-12-30-27(18-25)22-6-4-5-21(17-22)20-33-13-15-34-16-14-33/h4-6,9-12,17-19,23H,1-3,7-8,13-16,20H2,(H,31,32). The lowest BCUT2D eigenvalue weighted by atomic mass is 9.96. The first kappa shape index (κ1) is 23.4. The minimum atomic E-state index is 0.553. The van der Waals surface area contributed by atoms with E-state index in [1.807, 2.05) is 30.5 Å². The molecule has 1 saturated carbocycles. The van der Waals surface area contributed by atoms with Crippen LogP contribution >= 0.6 is 11.3 Å². The molecule has 6 rings (SSSR count). The highest BCUT2D eigenvalue weighted by molar-refractivity contribution is 7.22. The average Bonchev–Trinajstić information content (AvgIpc) is 3.32. The van der Waals surface area contributed by atoms with Crippen molar-refractivity contribution < 1.29 is 9.47 Å². The third kappa shape index (κ3) is 5.69. The van der Waals surface area contributed by atoms with E-state index in [1.165, 1.54) is 37.7 Å². The van der Waals surface area contributed by atoms with Crippen molar-refractivity contribution in [2.75, 3.05) is 31.6 Å². The van der Waals surface area contributed by atoms with Crippen molar-refractivity contribution >= 4 is 26.7 Å². The van der Waals surface area contributed by atoms with Gasteiger partial charge in [-0.25, -0.2) is 4.98 Å². The van der Waals surface area contributed by atoms with Crippen LogP contribution in [0, 0.1) is 0 Å². The van der Waals surface area contributed by atoms with E-state index in [0.717, 1.165) is 71.0 Å². The van der Waals surface area contributed by atoms with E-state index in [-0.39, 0.29) is 0 Å². The molecule has 0 amide bonds. The van der Waals surface area contributed by atoms with Crippen molar-refractivity contribution in [3.8, 4) is 22.8 Å². The molecule has 6 nitrogen and oxygen atoms in total. The fourth-order valence-corrected chi connectivity index (χ4v) is 6.04. The molecule has 1 N–H and O–H groups in total. The van der Waals surface area contributed by atoms with Crippen LogP contribution in [0.4, 0.5) is 5.13 Å². The van der Waals surface area contributed by atoms with E-state index in [9.17, 15) is 0 Å². The molecular weight excluding hydrogens is 468 g/mol. The number of hydrogen-bond acceptors (Lipinski definition) is 7. The van der Waals surface area contributed by atoms with E-state index < -0.39 is 0 Å². The zero-order chi connectivity index (χ0) is 24.2. The number of rotatable bonds is 7. The fourth-order valence-electron chi connectivity index (χ4n) is 5.07. The van der Waals surface area contributed by atoms with Crippen molar-refractivity contribution in [1.82, 2.24) is 14.9 Å². The van der Waals surface area contributed by atoms with Crippen LogP contribution in [0.3, 0.4) is 0 Å². The lowest BCUT2D eigenvalue weighted by molar-refractivity contribution is 0.0342. The van der Waals surface area contributed by atoms with Crippen LogP contribution in [0.25, 0.3) is 21.5 Å². The number of ether oxygens (including phenoxy) is 2. The smallest absolute Gasteiger partial charge is 0.184 e. The van der Waals surface area contributed by atoms with Crippen molar-refractivity contribution in [2.45, 2.75) is 44.7 Å². The maximum Gasteiger partial charge on any atom is 0.184 e. The second kappa shape index (κ2) is 10.9. The minimum Gasteiger partial charge on any atom is -0.457 e. The molecule has 1 aliphatic heterocycles. The van der Waals surface area contributed by atoms with Crippen molar-refractivity contribution in [2.24, 2.45) is 0 Å². The summed E-state index contributed by atoms with van der Waals surface area (Å²) in [5.41, 5.74) is 4.31. The van der Waals surface area contributed by atoms with Crippen molar-refractivity contribution in [3.05, 3.63) is 66.4 Å².